The largest absolute Gasteiger partial charge is 0.337 e. The number of benzene rings is 2. The van der Waals surface area contributed by atoms with Gasteiger partial charge in [0.1, 0.15) is 0 Å². The van der Waals surface area contributed by atoms with E-state index in [4.69, 9.17) is 0 Å². The van der Waals surface area contributed by atoms with Gasteiger partial charge in [-0.2, -0.15) is 5.10 Å². The van der Waals surface area contributed by atoms with Crippen LogP contribution in [0, 0.1) is 13.8 Å². The topological polar surface area (TPSA) is 113 Å². The number of aryl methyl sites for hydroxylation is 1. The second-order valence-corrected chi connectivity index (χ2v) is 9.62. The molecule has 0 unspecified atom stereocenters. The zero-order valence-corrected chi connectivity index (χ0v) is 20.0. The van der Waals surface area contributed by atoms with Gasteiger partial charge in [0.25, 0.3) is 5.91 Å². The molecule has 1 heterocycles. The summed E-state index contributed by atoms with van der Waals surface area (Å²) in [5.74, 6) is -0.704. The normalized spacial score (nSPS) is 11.2. The maximum atomic E-state index is 13.3. The lowest BCUT2D eigenvalue weighted by Gasteiger charge is -2.20. The first kappa shape index (κ1) is 24.0. The van der Waals surface area contributed by atoms with Crippen LogP contribution in [0.5, 0.6) is 0 Å². The van der Waals surface area contributed by atoms with Crippen molar-refractivity contribution in [1.82, 2.24) is 14.7 Å². The van der Waals surface area contributed by atoms with E-state index in [1.54, 1.807) is 7.05 Å². The maximum Gasteiger partial charge on any atom is 0.256 e. The summed E-state index contributed by atoms with van der Waals surface area (Å²) in [5, 5.41) is 7.24. The Bertz CT molecular complexity index is 1300. The molecule has 0 aliphatic rings. The molecule has 3 aromatic rings. The highest BCUT2D eigenvalue weighted by Crippen LogP contribution is 2.25. The number of nitrogens with zero attached hydrogens (tertiary/aromatic N) is 3. The molecule has 2 aromatic carbocycles. The predicted molar refractivity (Wildman–Crippen MR) is 128 cm³/mol. The summed E-state index contributed by atoms with van der Waals surface area (Å²) < 4.78 is 27.8. The summed E-state index contributed by atoms with van der Waals surface area (Å²) in [6.45, 7) is 5.45. The highest BCUT2D eigenvalue weighted by Gasteiger charge is 2.22. The zero-order valence-electron chi connectivity index (χ0n) is 19.2. The molecular formula is C23H27N5O4S. The molecule has 0 fully saturated rings. The van der Waals surface area contributed by atoms with Crippen LogP contribution in [0.3, 0.4) is 0 Å². The van der Waals surface area contributed by atoms with E-state index in [0.717, 1.165) is 28.9 Å². The monoisotopic (exact) mass is 469 g/mol. The highest BCUT2D eigenvalue weighted by atomic mass is 32.2. The Morgan fingerprint density at radius 1 is 1.09 bits per heavy atom. The number of nitrogens with one attached hydrogen (secondary N) is 2. The van der Waals surface area contributed by atoms with Crippen molar-refractivity contribution in [2.45, 2.75) is 27.3 Å². The van der Waals surface area contributed by atoms with Gasteiger partial charge in [0.15, 0.2) is 0 Å². The van der Waals surface area contributed by atoms with Crippen LogP contribution in [0.15, 0.2) is 48.5 Å². The standard InChI is InChI=1S/C23H27N5O4S/c1-15-21(16(2)28(25-15)19-9-7-6-8-10-19)14-27(4)23(30)20-13-18(24-17(3)29)11-12-22(20)26-33(5,31)32/h6-13,26H,14H2,1-5H3,(H,24,29). The molecular weight excluding hydrogens is 442 g/mol. The van der Waals surface area contributed by atoms with Crippen molar-refractivity contribution in [3.05, 3.63) is 71.0 Å². The molecule has 1 aromatic heterocycles. The fourth-order valence-electron chi connectivity index (χ4n) is 3.53. The van der Waals surface area contributed by atoms with E-state index < -0.39 is 15.9 Å². The van der Waals surface area contributed by atoms with Gasteiger partial charge in [0, 0.05) is 37.5 Å². The van der Waals surface area contributed by atoms with Gasteiger partial charge in [0.05, 0.1) is 28.9 Å². The Morgan fingerprint density at radius 3 is 2.36 bits per heavy atom. The molecule has 0 aliphatic carbocycles. The average molecular weight is 470 g/mol. The van der Waals surface area contributed by atoms with Crippen molar-refractivity contribution in [1.29, 1.82) is 0 Å². The number of carbonyl (C=O) groups excluding carboxylic acids is 2. The summed E-state index contributed by atoms with van der Waals surface area (Å²) in [6.07, 6.45) is 1.01. The van der Waals surface area contributed by atoms with Crippen LogP contribution in [-0.2, 0) is 21.4 Å². The van der Waals surface area contributed by atoms with Crippen LogP contribution in [0.1, 0.15) is 34.2 Å². The minimum Gasteiger partial charge on any atom is -0.337 e. The molecule has 0 radical (unpaired) electrons. The van der Waals surface area contributed by atoms with E-state index in [2.05, 4.69) is 15.1 Å². The number of anilines is 2. The van der Waals surface area contributed by atoms with Crippen LogP contribution in [0.25, 0.3) is 5.69 Å². The molecule has 0 spiro atoms. The van der Waals surface area contributed by atoms with Gasteiger partial charge < -0.3 is 10.2 Å². The molecule has 33 heavy (non-hydrogen) atoms. The van der Waals surface area contributed by atoms with Gasteiger partial charge in [0.2, 0.25) is 15.9 Å². The quantitative estimate of drug-likeness (QED) is 0.552. The summed E-state index contributed by atoms with van der Waals surface area (Å²) in [5.41, 5.74) is 4.16. The number of hydrogen-bond acceptors (Lipinski definition) is 5. The van der Waals surface area contributed by atoms with Gasteiger partial charge in [-0.05, 0) is 44.2 Å². The number of aromatic nitrogens is 2. The Labute approximate surface area is 193 Å². The molecule has 0 saturated heterocycles. The maximum absolute atomic E-state index is 13.3. The van der Waals surface area contributed by atoms with Crippen molar-refractivity contribution in [2.75, 3.05) is 23.3 Å². The molecule has 0 saturated carbocycles. The second-order valence-electron chi connectivity index (χ2n) is 7.87. The molecule has 0 atom stereocenters. The van der Waals surface area contributed by atoms with Crippen molar-refractivity contribution in [2.24, 2.45) is 0 Å². The lowest BCUT2D eigenvalue weighted by molar-refractivity contribution is -0.114. The molecule has 9 nitrogen and oxygen atoms in total. The zero-order chi connectivity index (χ0) is 24.3. The summed E-state index contributed by atoms with van der Waals surface area (Å²) in [6, 6.07) is 14.1. The van der Waals surface area contributed by atoms with Crippen LogP contribution in [0.4, 0.5) is 11.4 Å². The van der Waals surface area contributed by atoms with Gasteiger partial charge in [-0.25, -0.2) is 13.1 Å². The Kier molecular flexibility index (Phi) is 6.87. The fourth-order valence-corrected chi connectivity index (χ4v) is 4.11. The SMILES string of the molecule is CC(=O)Nc1ccc(NS(C)(=O)=O)c(C(=O)N(C)Cc2c(C)nn(-c3ccccc3)c2C)c1. The van der Waals surface area contributed by atoms with Crippen molar-refractivity contribution in [3.8, 4) is 5.69 Å². The first-order valence-electron chi connectivity index (χ1n) is 10.2. The number of sulfonamides is 1. The van der Waals surface area contributed by atoms with Crippen LogP contribution in [-0.4, -0.2) is 48.2 Å². The number of hydrogen-bond donors (Lipinski definition) is 2. The van der Waals surface area contributed by atoms with Gasteiger partial charge in [-0.3, -0.25) is 14.3 Å². The van der Waals surface area contributed by atoms with Crippen molar-refractivity contribution >= 4 is 33.2 Å². The summed E-state index contributed by atoms with van der Waals surface area (Å²) in [4.78, 5) is 26.3. The van der Waals surface area contributed by atoms with E-state index in [0.29, 0.717) is 5.69 Å². The average Bonchev–Trinajstić information content (AvgIpc) is 3.01. The first-order chi connectivity index (χ1) is 15.5. The van der Waals surface area contributed by atoms with Crippen molar-refractivity contribution < 1.29 is 18.0 Å². The number of amides is 2. The van der Waals surface area contributed by atoms with E-state index in [9.17, 15) is 18.0 Å². The molecule has 174 valence electrons. The second kappa shape index (κ2) is 9.45. The summed E-state index contributed by atoms with van der Waals surface area (Å²) >= 11 is 0. The number of para-hydroxylation sites is 1. The minimum absolute atomic E-state index is 0.125. The van der Waals surface area contributed by atoms with E-state index in [-0.39, 0.29) is 23.7 Å². The Morgan fingerprint density at radius 2 is 1.76 bits per heavy atom. The number of rotatable bonds is 7. The van der Waals surface area contributed by atoms with E-state index >= 15 is 0 Å². The highest BCUT2D eigenvalue weighted by molar-refractivity contribution is 7.92. The van der Waals surface area contributed by atoms with E-state index in [1.807, 2.05) is 48.9 Å². The third-order valence-electron chi connectivity index (χ3n) is 5.05. The van der Waals surface area contributed by atoms with Crippen LogP contribution < -0.4 is 10.0 Å². The van der Waals surface area contributed by atoms with Crippen LogP contribution in [0.2, 0.25) is 0 Å². The molecule has 2 amide bonds. The smallest absolute Gasteiger partial charge is 0.256 e. The Balaban J connectivity index is 1.94. The summed E-state index contributed by atoms with van der Waals surface area (Å²) in [7, 11) is -1.98. The molecule has 10 heteroatoms. The predicted octanol–water partition coefficient (Wildman–Crippen LogP) is 3.09. The third-order valence-corrected chi connectivity index (χ3v) is 5.64. The third kappa shape index (κ3) is 5.78. The molecule has 3 rings (SSSR count). The Hall–Kier alpha value is -3.66. The van der Waals surface area contributed by atoms with Crippen molar-refractivity contribution in [3.63, 3.8) is 0 Å². The molecule has 2 N–H and O–H groups in total. The first-order valence-corrected chi connectivity index (χ1v) is 12.1. The van der Waals surface area contributed by atoms with Gasteiger partial charge in [-0.1, -0.05) is 18.2 Å². The van der Waals surface area contributed by atoms with Crippen LogP contribution >= 0.6 is 0 Å². The van der Waals surface area contributed by atoms with Gasteiger partial charge in [-0.15, -0.1) is 0 Å². The number of carbonyl (C=O) groups is 2. The minimum atomic E-state index is -3.62. The lowest BCUT2D eigenvalue weighted by atomic mass is 10.1. The molecule has 0 bridgehead atoms. The lowest BCUT2D eigenvalue weighted by Crippen LogP contribution is -2.28. The molecule has 0 aliphatic heterocycles. The van der Waals surface area contributed by atoms with Gasteiger partial charge >= 0.3 is 0 Å². The fraction of sp³-hybridized carbons (Fsp3) is 0.261. The van der Waals surface area contributed by atoms with E-state index in [1.165, 1.54) is 30.0 Å².